The molecule has 2 aromatic carbocycles. The van der Waals surface area contributed by atoms with Crippen molar-refractivity contribution in [1.29, 1.82) is 0 Å². The molecule has 0 radical (unpaired) electrons. The smallest absolute Gasteiger partial charge is 0.263 e. The minimum Gasteiger partial charge on any atom is -0.488 e. The van der Waals surface area contributed by atoms with Crippen molar-refractivity contribution >= 4 is 35.4 Å². The summed E-state index contributed by atoms with van der Waals surface area (Å²) in [6.45, 7) is 0.299. The Labute approximate surface area is 147 Å². The summed E-state index contributed by atoms with van der Waals surface area (Å²) in [6, 6.07) is 12.7. The molecule has 3 aromatic rings. The van der Waals surface area contributed by atoms with Gasteiger partial charge in [-0.15, -0.1) is 0 Å². The second-order valence-corrected chi connectivity index (χ2v) is 5.58. The molecule has 0 saturated heterocycles. The second kappa shape index (κ2) is 7.29. The zero-order valence-electron chi connectivity index (χ0n) is 12.3. The van der Waals surface area contributed by atoms with Gasteiger partial charge in [-0.25, -0.2) is 0 Å². The topological polar surface area (TPSA) is 91.2 Å². The Morgan fingerprint density at radius 3 is 2.79 bits per heavy atom. The molecule has 0 atom stereocenters. The molecule has 0 aliphatic rings. The monoisotopic (exact) mass is 362 g/mol. The minimum absolute atomic E-state index is 0.0950. The van der Waals surface area contributed by atoms with Crippen molar-refractivity contribution in [1.82, 2.24) is 20.3 Å². The fourth-order valence-electron chi connectivity index (χ4n) is 1.90. The normalized spacial score (nSPS) is 11.1. The number of tetrazole rings is 1. The predicted molar refractivity (Wildman–Crippen MR) is 92.5 cm³/mol. The molecule has 0 aliphatic carbocycles. The van der Waals surface area contributed by atoms with Crippen molar-refractivity contribution in [3.05, 3.63) is 63.6 Å². The van der Waals surface area contributed by atoms with Gasteiger partial charge in [0.25, 0.3) is 5.95 Å². The first-order valence-corrected chi connectivity index (χ1v) is 7.63. The average Bonchev–Trinajstić information content (AvgIpc) is 2.98. The van der Waals surface area contributed by atoms with Gasteiger partial charge in [-0.3, -0.25) is 0 Å². The highest BCUT2D eigenvalue weighted by molar-refractivity contribution is 6.35. The zero-order chi connectivity index (χ0) is 16.9. The number of nitrogens with zero attached hydrogens (tertiary/aromatic N) is 5. The van der Waals surface area contributed by atoms with Crippen LogP contribution >= 0.6 is 23.2 Å². The fraction of sp³-hybridized carbons (Fsp3) is 0.0667. The summed E-state index contributed by atoms with van der Waals surface area (Å²) < 4.78 is 5.83. The standard InChI is InChI=1S/C15H12Cl2N6O/c16-12-6-5-11(13(17)7-12)9-24-14-4-2-1-3-10(14)8-19-23-15(18)20-21-22-23/h1-8H,9H2,(H2,18,20,22)/b19-8+. The van der Waals surface area contributed by atoms with E-state index in [4.69, 9.17) is 33.7 Å². The second-order valence-electron chi connectivity index (χ2n) is 4.73. The maximum atomic E-state index is 6.15. The number of benzene rings is 2. The largest absolute Gasteiger partial charge is 0.488 e. The molecule has 0 unspecified atom stereocenters. The highest BCUT2D eigenvalue weighted by atomic mass is 35.5. The number of para-hydroxylation sites is 1. The molecule has 0 spiro atoms. The third-order valence-electron chi connectivity index (χ3n) is 3.10. The van der Waals surface area contributed by atoms with Gasteiger partial charge in [0, 0.05) is 21.2 Å². The highest BCUT2D eigenvalue weighted by Gasteiger charge is 2.06. The first kappa shape index (κ1) is 16.2. The number of nitrogens with two attached hydrogens (primary N) is 1. The molecule has 24 heavy (non-hydrogen) atoms. The molecule has 2 N–H and O–H groups in total. The first-order chi connectivity index (χ1) is 11.6. The van der Waals surface area contributed by atoms with Gasteiger partial charge in [0.2, 0.25) is 0 Å². The van der Waals surface area contributed by atoms with Crippen molar-refractivity contribution in [2.24, 2.45) is 5.10 Å². The van der Waals surface area contributed by atoms with Crippen molar-refractivity contribution in [2.75, 3.05) is 5.73 Å². The zero-order valence-corrected chi connectivity index (χ0v) is 13.8. The van der Waals surface area contributed by atoms with Crippen molar-refractivity contribution in [3.8, 4) is 5.75 Å². The third kappa shape index (κ3) is 3.81. The van der Waals surface area contributed by atoms with Crippen LogP contribution in [0.2, 0.25) is 10.0 Å². The van der Waals surface area contributed by atoms with Gasteiger partial charge < -0.3 is 10.5 Å². The molecule has 0 amide bonds. The van der Waals surface area contributed by atoms with E-state index in [-0.39, 0.29) is 5.95 Å². The number of rotatable bonds is 5. The fourth-order valence-corrected chi connectivity index (χ4v) is 2.36. The lowest BCUT2D eigenvalue weighted by Gasteiger charge is -2.10. The Hall–Kier alpha value is -2.64. The van der Waals surface area contributed by atoms with E-state index in [9.17, 15) is 0 Å². The van der Waals surface area contributed by atoms with E-state index in [1.165, 1.54) is 0 Å². The SMILES string of the molecule is Nc1nnnn1/N=C/c1ccccc1OCc1ccc(Cl)cc1Cl. The first-order valence-electron chi connectivity index (χ1n) is 6.87. The van der Waals surface area contributed by atoms with Crippen LogP contribution in [0.5, 0.6) is 5.75 Å². The Morgan fingerprint density at radius 1 is 1.21 bits per heavy atom. The quantitative estimate of drug-likeness (QED) is 0.704. The van der Waals surface area contributed by atoms with E-state index in [2.05, 4.69) is 20.6 Å². The highest BCUT2D eigenvalue weighted by Crippen LogP contribution is 2.23. The van der Waals surface area contributed by atoms with E-state index in [0.717, 1.165) is 15.9 Å². The molecule has 9 heteroatoms. The van der Waals surface area contributed by atoms with E-state index in [1.807, 2.05) is 30.3 Å². The number of hydrogen-bond acceptors (Lipinski definition) is 6. The number of anilines is 1. The molecule has 0 bridgehead atoms. The molecular formula is C15H12Cl2N6O. The third-order valence-corrected chi connectivity index (χ3v) is 3.69. The molecule has 0 aliphatic heterocycles. The van der Waals surface area contributed by atoms with Gasteiger partial charge >= 0.3 is 0 Å². The van der Waals surface area contributed by atoms with Crippen LogP contribution in [-0.4, -0.2) is 26.5 Å². The molecule has 122 valence electrons. The van der Waals surface area contributed by atoms with Crippen molar-refractivity contribution in [3.63, 3.8) is 0 Å². The van der Waals surface area contributed by atoms with Crippen LogP contribution in [0, 0.1) is 0 Å². The van der Waals surface area contributed by atoms with Crippen molar-refractivity contribution < 1.29 is 4.74 Å². The molecule has 3 rings (SSSR count). The van der Waals surface area contributed by atoms with Crippen LogP contribution in [0.3, 0.4) is 0 Å². The predicted octanol–water partition coefficient (Wildman–Crippen LogP) is 3.02. The van der Waals surface area contributed by atoms with Gasteiger partial charge in [-0.1, -0.05) is 51.3 Å². The van der Waals surface area contributed by atoms with Crippen LogP contribution < -0.4 is 10.5 Å². The maximum absolute atomic E-state index is 6.15. The average molecular weight is 363 g/mol. The van der Waals surface area contributed by atoms with Gasteiger partial charge in [0.1, 0.15) is 12.4 Å². The van der Waals surface area contributed by atoms with Gasteiger partial charge in [-0.2, -0.15) is 5.10 Å². The van der Waals surface area contributed by atoms with Crippen LogP contribution in [0.15, 0.2) is 47.6 Å². The minimum atomic E-state index is 0.0950. The van der Waals surface area contributed by atoms with Crippen LogP contribution in [0.4, 0.5) is 5.95 Å². The number of halogens is 2. The Bertz CT molecular complexity index is 880. The summed E-state index contributed by atoms with van der Waals surface area (Å²) in [5.74, 6) is 0.733. The molecule has 0 saturated carbocycles. The number of nitrogen functional groups attached to an aromatic ring is 1. The molecule has 0 fully saturated rings. The van der Waals surface area contributed by atoms with E-state index in [1.54, 1.807) is 18.3 Å². The number of hydrogen-bond donors (Lipinski definition) is 1. The van der Waals surface area contributed by atoms with E-state index >= 15 is 0 Å². The van der Waals surface area contributed by atoms with Crippen molar-refractivity contribution in [2.45, 2.75) is 6.61 Å². The lowest BCUT2D eigenvalue weighted by molar-refractivity contribution is 0.306. The number of ether oxygens (including phenoxy) is 1. The lowest BCUT2D eigenvalue weighted by Crippen LogP contribution is -2.02. The Balaban J connectivity index is 1.77. The summed E-state index contributed by atoms with van der Waals surface area (Å²) in [4.78, 5) is 1.12. The maximum Gasteiger partial charge on any atom is 0.263 e. The lowest BCUT2D eigenvalue weighted by atomic mass is 10.2. The molecular weight excluding hydrogens is 351 g/mol. The van der Waals surface area contributed by atoms with Gasteiger partial charge in [0.05, 0.1) is 6.21 Å². The van der Waals surface area contributed by atoms with Crippen LogP contribution in [-0.2, 0) is 6.61 Å². The van der Waals surface area contributed by atoms with Gasteiger partial charge in [0.15, 0.2) is 0 Å². The molecule has 1 heterocycles. The number of aromatic nitrogens is 4. The van der Waals surface area contributed by atoms with Crippen LogP contribution in [0.25, 0.3) is 0 Å². The summed E-state index contributed by atoms with van der Waals surface area (Å²) in [5, 5.41) is 15.8. The van der Waals surface area contributed by atoms with E-state index < -0.39 is 0 Å². The van der Waals surface area contributed by atoms with E-state index in [0.29, 0.717) is 22.4 Å². The van der Waals surface area contributed by atoms with Gasteiger partial charge in [-0.05, 0) is 34.7 Å². The molecule has 7 nitrogen and oxygen atoms in total. The summed E-state index contributed by atoms with van der Waals surface area (Å²) in [5.41, 5.74) is 7.14. The summed E-state index contributed by atoms with van der Waals surface area (Å²) in [6.07, 6.45) is 1.56. The Kier molecular flexibility index (Phi) is 4.93. The Morgan fingerprint density at radius 2 is 2.04 bits per heavy atom. The summed E-state index contributed by atoms with van der Waals surface area (Å²) >= 11 is 12.0. The summed E-state index contributed by atoms with van der Waals surface area (Å²) in [7, 11) is 0. The van der Waals surface area contributed by atoms with Crippen LogP contribution in [0.1, 0.15) is 11.1 Å². The molecule has 1 aromatic heterocycles.